The molecule has 0 spiro atoms. The molecule has 2 rings (SSSR count). The zero-order chi connectivity index (χ0) is 21.0. The fraction of sp³-hybridized carbons (Fsp3) is 0.222. The lowest BCUT2D eigenvalue weighted by Crippen LogP contribution is -2.32. The van der Waals surface area contributed by atoms with E-state index in [9.17, 15) is 31.5 Å². The Morgan fingerprint density at radius 3 is 1.86 bits per heavy atom. The number of hydrogen-bond donors (Lipinski definition) is 0. The normalized spacial score (nSPS) is 12.0. The van der Waals surface area contributed by atoms with Crippen LogP contribution in [0.3, 0.4) is 0 Å². The molecule has 0 fully saturated rings. The summed E-state index contributed by atoms with van der Waals surface area (Å²) >= 11 is 0.374. The van der Waals surface area contributed by atoms with E-state index in [0.717, 1.165) is 26.4 Å². The van der Waals surface area contributed by atoms with Crippen LogP contribution in [0.25, 0.3) is 0 Å². The van der Waals surface area contributed by atoms with Gasteiger partial charge in [0.1, 0.15) is 17.5 Å². The van der Waals surface area contributed by atoms with Crippen LogP contribution in [0.1, 0.15) is 10.8 Å². The summed E-state index contributed by atoms with van der Waals surface area (Å²) in [6.45, 7) is 0. The molecule has 0 amide bonds. The average molecular weight is 420 g/mol. The molecule has 0 aliphatic heterocycles. The van der Waals surface area contributed by atoms with Gasteiger partial charge in [-0.15, -0.1) is 11.8 Å². The predicted molar refractivity (Wildman–Crippen MR) is 88.8 cm³/mol. The Bertz CT molecular complexity index is 870. The van der Waals surface area contributed by atoms with E-state index in [2.05, 4.69) is 9.47 Å². The first-order chi connectivity index (χ1) is 13.2. The van der Waals surface area contributed by atoms with Crippen LogP contribution < -0.4 is 0 Å². The molecule has 0 aliphatic rings. The summed E-state index contributed by atoms with van der Waals surface area (Å²) in [5.74, 6) is -10.8. The van der Waals surface area contributed by atoms with Crippen molar-refractivity contribution in [3.63, 3.8) is 0 Å². The topological polar surface area (TPSA) is 52.6 Å². The summed E-state index contributed by atoms with van der Waals surface area (Å²) in [6, 6.07) is 3.31. The maximum absolute atomic E-state index is 14.4. The number of rotatable bonds is 6. The number of ether oxygens (including phenoxy) is 2. The second kappa shape index (κ2) is 9.05. The summed E-state index contributed by atoms with van der Waals surface area (Å²) in [6.07, 6.45) is 0. The molecule has 0 aliphatic carbocycles. The number of carbonyl (C=O) groups excluding carboxylic acids is 2. The summed E-state index contributed by atoms with van der Waals surface area (Å²) < 4.78 is 78.5. The van der Waals surface area contributed by atoms with E-state index in [-0.39, 0.29) is 4.90 Å². The van der Waals surface area contributed by atoms with E-state index >= 15 is 0 Å². The molecule has 1 unspecified atom stereocenters. The number of halogens is 5. The maximum atomic E-state index is 14.4. The highest BCUT2D eigenvalue weighted by Gasteiger charge is 2.42. The van der Waals surface area contributed by atoms with E-state index < -0.39 is 57.8 Å². The first-order valence-electron chi connectivity index (χ1n) is 7.61. The molecular weight excluding hydrogens is 407 g/mol. The standard InChI is InChI=1S/C18H13F5O4S/c1-26-17(24)14(18(25)27-2)16(13-11(21)3-4-12(22)15(13)23)28-10-6-8(19)5-9(20)7-10/h3-7,14,16H,1-2H3. The van der Waals surface area contributed by atoms with Crippen molar-refractivity contribution in [1.82, 2.24) is 0 Å². The zero-order valence-corrected chi connectivity index (χ0v) is 15.3. The Balaban J connectivity index is 2.68. The quantitative estimate of drug-likeness (QED) is 0.231. The highest BCUT2D eigenvalue weighted by Crippen LogP contribution is 2.44. The third kappa shape index (κ3) is 4.61. The van der Waals surface area contributed by atoms with Gasteiger partial charge in [-0.3, -0.25) is 9.59 Å². The molecule has 0 N–H and O–H groups in total. The Morgan fingerprint density at radius 2 is 1.36 bits per heavy atom. The third-order valence-electron chi connectivity index (χ3n) is 3.68. The molecule has 0 saturated heterocycles. The molecule has 2 aromatic carbocycles. The van der Waals surface area contributed by atoms with Crippen LogP contribution in [0.4, 0.5) is 22.0 Å². The van der Waals surface area contributed by atoms with Gasteiger partial charge in [0.2, 0.25) is 0 Å². The zero-order valence-electron chi connectivity index (χ0n) is 14.5. The summed E-state index contributed by atoms with van der Waals surface area (Å²) in [5.41, 5.74) is -0.976. The van der Waals surface area contributed by atoms with Gasteiger partial charge in [-0.05, 0) is 24.3 Å². The first kappa shape index (κ1) is 21.7. The van der Waals surface area contributed by atoms with Gasteiger partial charge in [0.15, 0.2) is 17.6 Å². The summed E-state index contributed by atoms with van der Waals surface area (Å²) in [7, 11) is 1.83. The number of carbonyl (C=O) groups is 2. The minimum absolute atomic E-state index is 0.205. The summed E-state index contributed by atoms with van der Waals surface area (Å²) in [5, 5.41) is -1.78. The molecule has 0 aromatic heterocycles. The molecule has 1 atom stereocenters. The first-order valence-corrected chi connectivity index (χ1v) is 8.49. The Kier molecular flexibility index (Phi) is 7.00. The monoisotopic (exact) mass is 420 g/mol. The van der Waals surface area contributed by atoms with Gasteiger partial charge in [-0.25, -0.2) is 22.0 Å². The second-order valence-corrected chi connectivity index (χ2v) is 6.64. The van der Waals surface area contributed by atoms with E-state index in [4.69, 9.17) is 0 Å². The van der Waals surface area contributed by atoms with Gasteiger partial charge >= 0.3 is 11.9 Å². The highest BCUT2D eigenvalue weighted by atomic mass is 32.2. The average Bonchev–Trinajstić information content (AvgIpc) is 2.63. The van der Waals surface area contributed by atoms with Crippen LogP contribution in [-0.4, -0.2) is 26.2 Å². The van der Waals surface area contributed by atoms with Gasteiger partial charge < -0.3 is 9.47 Å². The fourth-order valence-electron chi connectivity index (χ4n) is 2.44. The van der Waals surface area contributed by atoms with Crippen molar-refractivity contribution < 1.29 is 41.0 Å². The number of thioether (sulfide) groups is 1. The highest BCUT2D eigenvalue weighted by molar-refractivity contribution is 7.99. The molecule has 2 aromatic rings. The Hall–Kier alpha value is -2.62. The smallest absolute Gasteiger partial charge is 0.321 e. The summed E-state index contributed by atoms with van der Waals surface area (Å²) in [4.78, 5) is 24.1. The van der Waals surface area contributed by atoms with E-state index in [1.54, 1.807) is 0 Å². The molecule has 10 heteroatoms. The van der Waals surface area contributed by atoms with Crippen LogP contribution in [0.2, 0.25) is 0 Å². The lowest BCUT2D eigenvalue weighted by molar-refractivity contribution is -0.158. The third-order valence-corrected chi connectivity index (χ3v) is 4.95. The van der Waals surface area contributed by atoms with Crippen LogP contribution in [0.5, 0.6) is 0 Å². The van der Waals surface area contributed by atoms with Crippen LogP contribution in [0.15, 0.2) is 35.2 Å². The van der Waals surface area contributed by atoms with Gasteiger partial charge in [0.25, 0.3) is 0 Å². The van der Waals surface area contributed by atoms with Crippen molar-refractivity contribution in [2.75, 3.05) is 14.2 Å². The second-order valence-electron chi connectivity index (χ2n) is 5.42. The lowest BCUT2D eigenvalue weighted by Gasteiger charge is -2.24. The van der Waals surface area contributed by atoms with Gasteiger partial charge in [-0.1, -0.05) is 0 Å². The lowest BCUT2D eigenvalue weighted by atomic mass is 9.97. The van der Waals surface area contributed by atoms with Crippen molar-refractivity contribution in [1.29, 1.82) is 0 Å². The number of hydrogen-bond acceptors (Lipinski definition) is 5. The fourth-order valence-corrected chi connectivity index (χ4v) is 3.78. The van der Waals surface area contributed by atoms with Crippen molar-refractivity contribution in [3.8, 4) is 0 Å². The van der Waals surface area contributed by atoms with Crippen LogP contribution in [-0.2, 0) is 19.1 Å². The SMILES string of the molecule is COC(=O)C(C(=O)OC)C(Sc1cc(F)cc(F)c1)c1c(F)ccc(F)c1F. The van der Waals surface area contributed by atoms with Crippen molar-refractivity contribution in [3.05, 3.63) is 65.0 Å². The number of esters is 2. The molecule has 28 heavy (non-hydrogen) atoms. The van der Waals surface area contributed by atoms with Gasteiger partial charge in [0, 0.05) is 16.5 Å². The molecule has 0 bridgehead atoms. The molecule has 4 nitrogen and oxygen atoms in total. The molecule has 0 heterocycles. The van der Waals surface area contributed by atoms with E-state index in [0.29, 0.717) is 30.0 Å². The van der Waals surface area contributed by atoms with Crippen LogP contribution in [0, 0.1) is 35.0 Å². The molecule has 0 radical (unpaired) electrons. The van der Waals surface area contributed by atoms with E-state index in [1.807, 2.05) is 0 Å². The van der Waals surface area contributed by atoms with Gasteiger partial charge in [-0.2, -0.15) is 0 Å². The molecule has 150 valence electrons. The predicted octanol–water partition coefficient (Wildman–Crippen LogP) is 4.18. The molecular formula is C18H13F5O4S. The Labute approximate surface area is 160 Å². The van der Waals surface area contributed by atoms with Crippen molar-refractivity contribution in [2.24, 2.45) is 5.92 Å². The number of methoxy groups -OCH3 is 2. The van der Waals surface area contributed by atoms with E-state index in [1.165, 1.54) is 0 Å². The minimum atomic E-state index is -1.95. The Morgan fingerprint density at radius 1 is 0.857 bits per heavy atom. The molecule has 0 saturated carbocycles. The minimum Gasteiger partial charge on any atom is -0.468 e. The van der Waals surface area contributed by atoms with Crippen molar-refractivity contribution in [2.45, 2.75) is 10.1 Å². The largest absolute Gasteiger partial charge is 0.468 e. The van der Waals surface area contributed by atoms with Crippen LogP contribution >= 0.6 is 11.8 Å². The maximum Gasteiger partial charge on any atom is 0.321 e. The number of benzene rings is 2. The van der Waals surface area contributed by atoms with Gasteiger partial charge in [0.05, 0.1) is 19.5 Å². The van der Waals surface area contributed by atoms with Crippen molar-refractivity contribution >= 4 is 23.7 Å².